The highest BCUT2D eigenvalue weighted by atomic mass is 31.2. The van der Waals surface area contributed by atoms with Gasteiger partial charge in [0.2, 0.25) is 0 Å². The SMILES string of the molecule is CCOP(=O)(OCC)C(O)c1ccc(OC2CCN(C(=O)O)CC2)cc1. The van der Waals surface area contributed by atoms with Crippen molar-refractivity contribution in [3.63, 3.8) is 0 Å². The van der Waals surface area contributed by atoms with Gasteiger partial charge in [-0.05, 0) is 31.5 Å². The molecule has 0 aromatic heterocycles. The average molecular weight is 387 g/mol. The minimum atomic E-state index is -3.64. The Morgan fingerprint density at radius 1 is 1.19 bits per heavy atom. The second-order valence-corrected chi connectivity index (χ2v) is 7.99. The van der Waals surface area contributed by atoms with E-state index in [-0.39, 0.29) is 19.3 Å². The van der Waals surface area contributed by atoms with E-state index in [1.807, 2.05) is 0 Å². The minimum absolute atomic E-state index is 0.0562. The number of aliphatic hydroxyl groups excluding tert-OH is 1. The maximum absolute atomic E-state index is 12.6. The van der Waals surface area contributed by atoms with E-state index in [0.29, 0.717) is 37.2 Å². The Kier molecular flexibility index (Phi) is 7.46. The zero-order chi connectivity index (χ0) is 19.2. The molecule has 1 aliphatic rings. The number of aliphatic hydroxyl groups is 1. The fraction of sp³-hybridized carbons (Fsp3) is 0.588. The van der Waals surface area contributed by atoms with Gasteiger partial charge in [-0.25, -0.2) is 4.79 Å². The van der Waals surface area contributed by atoms with E-state index in [2.05, 4.69) is 0 Å². The first-order valence-corrected chi connectivity index (χ1v) is 10.3. The normalized spacial score (nSPS) is 17.1. The number of carbonyl (C=O) groups is 1. The van der Waals surface area contributed by atoms with Crippen molar-refractivity contribution in [1.29, 1.82) is 0 Å². The molecule has 0 aliphatic carbocycles. The lowest BCUT2D eigenvalue weighted by Crippen LogP contribution is -2.41. The number of hydrogen-bond acceptors (Lipinski definition) is 6. The highest BCUT2D eigenvalue weighted by molar-refractivity contribution is 7.54. The fourth-order valence-corrected chi connectivity index (χ4v) is 4.41. The Morgan fingerprint density at radius 3 is 2.19 bits per heavy atom. The van der Waals surface area contributed by atoms with Crippen LogP contribution in [0.1, 0.15) is 38.1 Å². The first-order valence-electron chi connectivity index (χ1n) is 8.71. The first kappa shape index (κ1) is 20.7. The Morgan fingerprint density at radius 2 is 1.73 bits per heavy atom. The van der Waals surface area contributed by atoms with Crippen LogP contribution >= 0.6 is 7.60 Å². The number of hydrogen-bond donors (Lipinski definition) is 2. The number of amides is 1. The van der Waals surface area contributed by atoms with Gasteiger partial charge >= 0.3 is 13.7 Å². The first-order chi connectivity index (χ1) is 12.4. The van der Waals surface area contributed by atoms with E-state index in [0.717, 1.165) is 0 Å². The summed E-state index contributed by atoms with van der Waals surface area (Å²) >= 11 is 0. The van der Waals surface area contributed by atoms with E-state index < -0.39 is 19.5 Å². The van der Waals surface area contributed by atoms with Crippen LogP contribution in [0.15, 0.2) is 24.3 Å². The van der Waals surface area contributed by atoms with Crippen LogP contribution in [0.3, 0.4) is 0 Å². The summed E-state index contributed by atoms with van der Waals surface area (Å²) in [7, 11) is -3.64. The summed E-state index contributed by atoms with van der Waals surface area (Å²) in [6, 6.07) is 6.61. The lowest BCUT2D eigenvalue weighted by atomic mass is 10.1. The number of carboxylic acid groups (broad SMARTS) is 1. The highest BCUT2D eigenvalue weighted by Gasteiger charge is 2.35. The summed E-state index contributed by atoms with van der Waals surface area (Å²) in [5, 5.41) is 19.3. The van der Waals surface area contributed by atoms with Crippen molar-refractivity contribution in [2.45, 2.75) is 38.6 Å². The van der Waals surface area contributed by atoms with Crippen LogP contribution in [-0.2, 0) is 13.6 Å². The molecule has 1 aromatic carbocycles. The third kappa shape index (κ3) is 5.20. The second-order valence-electron chi connectivity index (χ2n) is 5.90. The van der Waals surface area contributed by atoms with Crippen molar-refractivity contribution in [3.05, 3.63) is 29.8 Å². The zero-order valence-electron chi connectivity index (χ0n) is 15.0. The molecular weight excluding hydrogens is 361 g/mol. The van der Waals surface area contributed by atoms with Crippen LogP contribution in [0.4, 0.5) is 4.79 Å². The van der Waals surface area contributed by atoms with Crippen molar-refractivity contribution in [2.24, 2.45) is 0 Å². The summed E-state index contributed by atoms with van der Waals surface area (Å²) in [5.41, 5.74) is 0.420. The van der Waals surface area contributed by atoms with Gasteiger partial charge < -0.3 is 28.9 Å². The van der Waals surface area contributed by atoms with Gasteiger partial charge in [0.15, 0.2) is 5.85 Å². The lowest BCUT2D eigenvalue weighted by molar-refractivity contribution is 0.0894. The van der Waals surface area contributed by atoms with Gasteiger partial charge in [-0.2, -0.15) is 0 Å². The van der Waals surface area contributed by atoms with E-state index in [9.17, 15) is 14.5 Å². The Bertz CT molecular complexity index is 619. The molecule has 0 saturated carbocycles. The summed E-state index contributed by atoms with van der Waals surface area (Å²) in [6.45, 7) is 4.61. The van der Waals surface area contributed by atoms with E-state index in [4.69, 9.17) is 18.9 Å². The van der Waals surface area contributed by atoms with E-state index in [1.54, 1.807) is 38.1 Å². The smallest absolute Gasteiger partial charge is 0.407 e. The standard InChI is InChI=1S/C17H26NO7P/c1-3-23-26(22,24-4-2)16(19)13-5-7-14(8-6-13)25-15-9-11-18(12-10-15)17(20)21/h5-8,15-16,19H,3-4,9-12H2,1-2H3,(H,20,21). The quantitative estimate of drug-likeness (QED) is 0.658. The predicted octanol–water partition coefficient (Wildman–Crippen LogP) is 3.46. The predicted molar refractivity (Wildman–Crippen MR) is 95.5 cm³/mol. The third-order valence-electron chi connectivity index (χ3n) is 4.11. The minimum Gasteiger partial charge on any atom is -0.490 e. The Hall–Kier alpha value is -1.60. The van der Waals surface area contributed by atoms with Crippen molar-refractivity contribution in [2.75, 3.05) is 26.3 Å². The molecule has 146 valence electrons. The molecule has 1 unspecified atom stereocenters. The third-order valence-corrected chi connectivity index (χ3v) is 6.24. The second kappa shape index (κ2) is 9.37. The molecule has 1 aliphatic heterocycles. The van der Waals surface area contributed by atoms with Crippen LogP contribution < -0.4 is 4.74 Å². The molecule has 0 spiro atoms. The molecule has 1 amide bonds. The topological polar surface area (TPSA) is 106 Å². The number of nitrogens with zero attached hydrogens (tertiary/aromatic N) is 1. The monoisotopic (exact) mass is 387 g/mol. The molecule has 1 aromatic rings. The van der Waals surface area contributed by atoms with Crippen LogP contribution in [-0.4, -0.2) is 53.6 Å². The van der Waals surface area contributed by atoms with Gasteiger partial charge in [-0.15, -0.1) is 0 Å². The maximum Gasteiger partial charge on any atom is 0.407 e. The number of benzene rings is 1. The van der Waals surface area contributed by atoms with Crippen LogP contribution in [0.2, 0.25) is 0 Å². The molecule has 1 fully saturated rings. The van der Waals surface area contributed by atoms with E-state index >= 15 is 0 Å². The summed E-state index contributed by atoms with van der Waals surface area (Å²) in [6.07, 6.45) is 0.287. The molecule has 0 radical (unpaired) electrons. The molecule has 9 heteroatoms. The van der Waals surface area contributed by atoms with Crippen LogP contribution in [0, 0.1) is 0 Å². The van der Waals surface area contributed by atoms with Gasteiger partial charge in [0.1, 0.15) is 11.9 Å². The lowest BCUT2D eigenvalue weighted by Gasteiger charge is -2.30. The fourth-order valence-electron chi connectivity index (χ4n) is 2.80. The number of rotatable bonds is 8. The molecule has 2 rings (SSSR count). The molecule has 2 N–H and O–H groups in total. The van der Waals surface area contributed by atoms with Crippen LogP contribution in [0.5, 0.6) is 5.75 Å². The molecule has 8 nitrogen and oxygen atoms in total. The van der Waals surface area contributed by atoms with E-state index in [1.165, 1.54) is 4.90 Å². The number of piperidine rings is 1. The van der Waals surface area contributed by atoms with Crippen molar-refractivity contribution in [3.8, 4) is 5.75 Å². The van der Waals surface area contributed by atoms with Gasteiger partial charge in [0.25, 0.3) is 0 Å². The Balaban J connectivity index is 1.97. The number of likely N-dealkylation sites (tertiary alicyclic amines) is 1. The van der Waals surface area contributed by atoms with Gasteiger partial charge in [0.05, 0.1) is 13.2 Å². The molecular formula is C17H26NO7P. The van der Waals surface area contributed by atoms with Crippen LogP contribution in [0.25, 0.3) is 0 Å². The molecule has 1 heterocycles. The molecule has 1 atom stereocenters. The summed E-state index contributed by atoms with van der Waals surface area (Å²) in [4.78, 5) is 12.3. The van der Waals surface area contributed by atoms with Gasteiger partial charge in [0, 0.05) is 25.9 Å². The van der Waals surface area contributed by atoms with Crippen molar-refractivity contribution >= 4 is 13.7 Å². The summed E-state index contributed by atoms with van der Waals surface area (Å²) in [5.74, 6) is -0.757. The molecule has 1 saturated heterocycles. The van der Waals surface area contributed by atoms with Gasteiger partial charge in [-0.3, -0.25) is 4.57 Å². The average Bonchev–Trinajstić information content (AvgIpc) is 2.62. The van der Waals surface area contributed by atoms with Gasteiger partial charge in [-0.1, -0.05) is 12.1 Å². The number of ether oxygens (including phenoxy) is 1. The maximum atomic E-state index is 12.6. The Labute approximate surface area is 153 Å². The van der Waals surface area contributed by atoms with Crippen molar-refractivity contribution < 1.29 is 33.4 Å². The zero-order valence-corrected chi connectivity index (χ0v) is 15.9. The molecule has 26 heavy (non-hydrogen) atoms. The largest absolute Gasteiger partial charge is 0.490 e. The van der Waals surface area contributed by atoms with Crippen molar-refractivity contribution in [1.82, 2.24) is 4.90 Å². The summed E-state index contributed by atoms with van der Waals surface area (Å²) < 4.78 is 28.8. The molecule has 0 bridgehead atoms. The highest BCUT2D eigenvalue weighted by Crippen LogP contribution is 2.59.